The minimum atomic E-state index is -4.39. The van der Waals surface area contributed by atoms with Crippen LogP contribution in [0.4, 0.5) is 13.2 Å². The van der Waals surface area contributed by atoms with Crippen LogP contribution >= 0.6 is 11.6 Å². The molecular formula is C10H8ClF3O. The van der Waals surface area contributed by atoms with Crippen LogP contribution in [0.1, 0.15) is 5.56 Å². The zero-order chi connectivity index (χ0) is 11.5. The third-order valence-corrected chi connectivity index (χ3v) is 1.91. The molecule has 0 fully saturated rings. The summed E-state index contributed by atoms with van der Waals surface area (Å²) in [5.74, 6) is 0.213. The van der Waals surface area contributed by atoms with Crippen LogP contribution < -0.4 is 4.74 Å². The van der Waals surface area contributed by atoms with Crippen molar-refractivity contribution >= 4 is 11.6 Å². The molecule has 1 nitrogen and oxygen atoms in total. The minimum absolute atomic E-state index is 0.0633. The highest BCUT2D eigenvalue weighted by atomic mass is 35.5. The number of halogens is 4. The Morgan fingerprint density at radius 3 is 2.53 bits per heavy atom. The fourth-order valence-corrected chi connectivity index (χ4v) is 1.18. The average molecular weight is 237 g/mol. The van der Waals surface area contributed by atoms with Gasteiger partial charge in [-0.25, -0.2) is 0 Å². The third-order valence-electron chi connectivity index (χ3n) is 1.62. The zero-order valence-electron chi connectivity index (χ0n) is 7.64. The molecule has 0 N–H and O–H groups in total. The third kappa shape index (κ3) is 3.16. The summed E-state index contributed by atoms with van der Waals surface area (Å²) in [6.07, 6.45) is -2.91. The Morgan fingerprint density at radius 2 is 2.07 bits per heavy atom. The number of benzene rings is 1. The van der Waals surface area contributed by atoms with Gasteiger partial charge in [-0.15, -0.1) is 0 Å². The molecule has 0 unspecified atom stereocenters. The van der Waals surface area contributed by atoms with E-state index in [1.807, 2.05) is 0 Å². The first-order valence-corrected chi connectivity index (χ1v) is 4.43. The number of hydrogen-bond donors (Lipinski definition) is 0. The number of rotatable bonds is 3. The standard InChI is InChI=1S/C10H8ClF3O/c1-2-5-15-9-4-3-7(6-8(9)11)10(12,13)14/h2-4,6H,1,5H2. The summed E-state index contributed by atoms with van der Waals surface area (Å²) in [6.45, 7) is 3.61. The van der Waals surface area contributed by atoms with Gasteiger partial charge in [0.25, 0.3) is 0 Å². The number of hydrogen-bond acceptors (Lipinski definition) is 1. The van der Waals surface area contributed by atoms with Gasteiger partial charge in [0.05, 0.1) is 10.6 Å². The van der Waals surface area contributed by atoms with Crippen molar-refractivity contribution in [3.8, 4) is 5.75 Å². The van der Waals surface area contributed by atoms with Crippen LogP contribution in [0, 0.1) is 0 Å². The lowest BCUT2D eigenvalue weighted by Crippen LogP contribution is -2.05. The molecule has 0 saturated carbocycles. The van der Waals surface area contributed by atoms with E-state index in [1.165, 1.54) is 12.1 Å². The summed E-state index contributed by atoms with van der Waals surface area (Å²) >= 11 is 5.61. The molecule has 0 aliphatic rings. The second-order valence-corrected chi connectivity index (χ2v) is 3.15. The van der Waals surface area contributed by atoms with Crippen LogP contribution in [0.25, 0.3) is 0 Å². The summed E-state index contributed by atoms with van der Waals surface area (Å²) in [5, 5.41) is -0.0633. The molecule has 0 bridgehead atoms. The molecule has 0 atom stereocenters. The number of ether oxygens (including phenoxy) is 1. The van der Waals surface area contributed by atoms with Crippen molar-refractivity contribution in [3.05, 3.63) is 41.4 Å². The van der Waals surface area contributed by atoms with Crippen LogP contribution in [0.3, 0.4) is 0 Å². The molecule has 0 saturated heterocycles. The van der Waals surface area contributed by atoms with Gasteiger partial charge >= 0.3 is 6.18 Å². The molecule has 15 heavy (non-hydrogen) atoms. The molecule has 0 aliphatic carbocycles. The molecule has 1 aromatic rings. The Bertz CT molecular complexity index is 360. The maximum Gasteiger partial charge on any atom is 0.416 e. The highest BCUT2D eigenvalue weighted by molar-refractivity contribution is 6.32. The summed E-state index contributed by atoms with van der Waals surface area (Å²) in [5.41, 5.74) is -0.793. The summed E-state index contributed by atoms with van der Waals surface area (Å²) in [7, 11) is 0. The Kier molecular flexibility index (Phi) is 3.63. The van der Waals surface area contributed by atoms with Crippen molar-refractivity contribution in [2.75, 3.05) is 6.61 Å². The maximum absolute atomic E-state index is 12.2. The van der Waals surface area contributed by atoms with Crippen LogP contribution in [0.15, 0.2) is 30.9 Å². The van der Waals surface area contributed by atoms with Crippen LogP contribution in [0.2, 0.25) is 5.02 Å². The second-order valence-electron chi connectivity index (χ2n) is 2.74. The zero-order valence-corrected chi connectivity index (χ0v) is 8.40. The predicted octanol–water partition coefficient (Wildman–Crippen LogP) is 3.92. The summed E-state index contributed by atoms with van der Waals surface area (Å²) in [4.78, 5) is 0. The van der Waals surface area contributed by atoms with Crippen molar-refractivity contribution in [2.45, 2.75) is 6.18 Å². The first-order valence-electron chi connectivity index (χ1n) is 4.05. The first kappa shape index (κ1) is 11.9. The average Bonchev–Trinajstić information content (AvgIpc) is 2.14. The van der Waals surface area contributed by atoms with Gasteiger partial charge in [0.2, 0.25) is 0 Å². The van der Waals surface area contributed by atoms with Crippen molar-refractivity contribution in [1.82, 2.24) is 0 Å². The van der Waals surface area contributed by atoms with E-state index in [-0.39, 0.29) is 17.4 Å². The molecule has 1 aromatic carbocycles. The molecule has 82 valence electrons. The van der Waals surface area contributed by atoms with Gasteiger partial charge in [-0.05, 0) is 18.2 Å². The molecule has 1 rings (SSSR count). The van der Waals surface area contributed by atoms with E-state index in [1.54, 1.807) is 0 Å². The van der Waals surface area contributed by atoms with Crippen molar-refractivity contribution < 1.29 is 17.9 Å². The van der Waals surface area contributed by atoms with E-state index in [4.69, 9.17) is 16.3 Å². The molecule has 0 amide bonds. The van der Waals surface area contributed by atoms with Gasteiger partial charge in [0, 0.05) is 0 Å². The minimum Gasteiger partial charge on any atom is -0.488 e. The van der Waals surface area contributed by atoms with E-state index < -0.39 is 11.7 Å². The van der Waals surface area contributed by atoms with Gasteiger partial charge in [-0.2, -0.15) is 13.2 Å². The molecule has 5 heteroatoms. The van der Waals surface area contributed by atoms with E-state index in [0.717, 1.165) is 12.1 Å². The van der Waals surface area contributed by atoms with E-state index >= 15 is 0 Å². The predicted molar refractivity (Wildman–Crippen MR) is 52.1 cm³/mol. The molecule has 0 spiro atoms. The fourth-order valence-electron chi connectivity index (χ4n) is 0.943. The molecule has 0 heterocycles. The van der Waals surface area contributed by atoms with E-state index in [9.17, 15) is 13.2 Å². The van der Waals surface area contributed by atoms with E-state index in [0.29, 0.717) is 0 Å². The van der Waals surface area contributed by atoms with Gasteiger partial charge in [-0.1, -0.05) is 24.3 Å². The normalized spacial score (nSPS) is 11.2. The molecule has 0 radical (unpaired) electrons. The topological polar surface area (TPSA) is 9.23 Å². The highest BCUT2D eigenvalue weighted by Crippen LogP contribution is 2.34. The first-order chi connectivity index (χ1) is 6.95. The largest absolute Gasteiger partial charge is 0.488 e. The van der Waals surface area contributed by atoms with Gasteiger partial charge in [0.15, 0.2) is 0 Å². The lowest BCUT2D eigenvalue weighted by Gasteiger charge is -2.09. The Labute approximate surface area is 90.1 Å². The van der Waals surface area contributed by atoms with Crippen LogP contribution in [-0.2, 0) is 6.18 Å². The second kappa shape index (κ2) is 4.57. The Hall–Kier alpha value is -1.16. The monoisotopic (exact) mass is 236 g/mol. The summed E-state index contributed by atoms with van der Waals surface area (Å²) in [6, 6.07) is 2.94. The smallest absolute Gasteiger partial charge is 0.416 e. The van der Waals surface area contributed by atoms with Crippen molar-refractivity contribution in [1.29, 1.82) is 0 Å². The van der Waals surface area contributed by atoms with Gasteiger partial charge < -0.3 is 4.74 Å². The highest BCUT2D eigenvalue weighted by Gasteiger charge is 2.30. The molecule has 0 aliphatic heterocycles. The summed E-state index contributed by atoms with van der Waals surface area (Å²) < 4.78 is 41.7. The molecular weight excluding hydrogens is 229 g/mol. The quantitative estimate of drug-likeness (QED) is 0.723. The maximum atomic E-state index is 12.2. The molecule has 0 aromatic heterocycles. The lowest BCUT2D eigenvalue weighted by atomic mass is 10.2. The Balaban J connectivity index is 2.93. The number of alkyl halides is 3. The van der Waals surface area contributed by atoms with Crippen LogP contribution in [-0.4, -0.2) is 6.61 Å². The van der Waals surface area contributed by atoms with Crippen molar-refractivity contribution in [3.63, 3.8) is 0 Å². The SMILES string of the molecule is C=CCOc1ccc(C(F)(F)F)cc1Cl. The van der Waals surface area contributed by atoms with Crippen molar-refractivity contribution in [2.24, 2.45) is 0 Å². The van der Waals surface area contributed by atoms with Gasteiger partial charge in [0.1, 0.15) is 12.4 Å². The van der Waals surface area contributed by atoms with Crippen LogP contribution in [0.5, 0.6) is 5.75 Å². The lowest BCUT2D eigenvalue weighted by molar-refractivity contribution is -0.137. The fraction of sp³-hybridized carbons (Fsp3) is 0.200. The van der Waals surface area contributed by atoms with Gasteiger partial charge in [-0.3, -0.25) is 0 Å². The Morgan fingerprint density at radius 1 is 1.40 bits per heavy atom. The van der Waals surface area contributed by atoms with E-state index in [2.05, 4.69) is 6.58 Å².